The molecular formula is C16H17N3O2. The third-order valence-electron chi connectivity index (χ3n) is 3.64. The monoisotopic (exact) mass is 283 g/mol. The minimum absolute atomic E-state index is 0.00143. The Morgan fingerprint density at radius 2 is 1.86 bits per heavy atom. The Kier molecular flexibility index (Phi) is 3.83. The molecule has 0 aliphatic carbocycles. The molecule has 108 valence electrons. The number of anilines is 1. The maximum Gasteiger partial charge on any atom is 0.243 e. The van der Waals surface area contributed by atoms with Gasteiger partial charge in [0.05, 0.1) is 12.5 Å². The zero-order valence-electron chi connectivity index (χ0n) is 11.6. The van der Waals surface area contributed by atoms with E-state index < -0.39 is 0 Å². The van der Waals surface area contributed by atoms with Crippen LogP contribution in [0.5, 0.6) is 0 Å². The summed E-state index contributed by atoms with van der Waals surface area (Å²) in [5.41, 5.74) is 0.762. The van der Waals surface area contributed by atoms with Crippen LogP contribution < -0.4 is 16.0 Å². The minimum Gasteiger partial charge on any atom is -0.347 e. The standard InChI is InChI=1S/C16H17N3O2/c20-15(10-18-16(21)12-8-17-9-12)19-14-7-3-5-11-4-1-2-6-13(11)14/h1-7,12,17H,8-10H2,(H,18,21)(H,19,20). The van der Waals surface area contributed by atoms with Gasteiger partial charge < -0.3 is 16.0 Å². The van der Waals surface area contributed by atoms with Crippen LogP contribution in [0.1, 0.15) is 0 Å². The molecule has 2 amide bonds. The molecule has 5 heteroatoms. The molecule has 2 aromatic carbocycles. The predicted octanol–water partition coefficient (Wildman–Crippen LogP) is 1.11. The van der Waals surface area contributed by atoms with Crippen molar-refractivity contribution in [1.29, 1.82) is 0 Å². The van der Waals surface area contributed by atoms with Gasteiger partial charge in [0.2, 0.25) is 11.8 Å². The van der Waals surface area contributed by atoms with Gasteiger partial charge >= 0.3 is 0 Å². The summed E-state index contributed by atoms with van der Waals surface area (Å²) in [7, 11) is 0. The number of nitrogens with one attached hydrogen (secondary N) is 3. The average Bonchev–Trinajstić information content (AvgIpc) is 2.44. The molecule has 1 heterocycles. The second kappa shape index (κ2) is 5.93. The summed E-state index contributed by atoms with van der Waals surface area (Å²) in [4.78, 5) is 23.6. The lowest BCUT2D eigenvalue weighted by atomic mass is 10.0. The van der Waals surface area contributed by atoms with Crippen molar-refractivity contribution >= 4 is 28.3 Å². The molecule has 0 atom stereocenters. The van der Waals surface area contributed by atoms with Gasteiger partial charge in [-0.2, -0.15) is 0 Å². The summed E-state index contributed by atoms with van der Waals surface area (Å²) in [6, 6.07) is 13.6. The Balaban J connectivity index is 1.62. The highest BCUT2D eigenvalue weighted by atomic mass is 16.2. The molecule has 0 unspecified atom stereocenters. The van der Waals surface area contributed by atoms with Crippen LogP contribution in [0.2, 0.25) is 0 Å². The van der Waals surface area contributed by atoms with Gasteiger partial charge in [0.25, 0.3) is 0 Å². The molecule has 2 aromatic rings. The van der Waals surface area contributed by atoms with Gasteiger partial charge in [-0.3, -0.25) is 9.59 Å². The minimum atomic E-state index is -0.216. The van der Waals surface area contributed by atoms with E-state index in [2.05, 4.69) is 16.0 Å². The highest BCUT2D eigenvalue weighted by molar-refractivity contribution is 6.03. The lowest BCUT2D eigenvalue weighted by molar-refractivity contribution is -0.128. The van der Waals surface area contributed by atoms with Crippen molar-refractivity contribution in [2.24, 2.45) is 5.92 Å². The van der Waals surface area contributed by atoms with Crippen LogP contribution in [0.25, 0.3) is 10.8 Å². The van der Waals surface area contributed by atoms with E-state index in [0.717, 1.165) is 16.5 Å². The van der Waals surface area contributed by atoms with Crippen molar-refractivity contribution in [2.75, 3.05) is 25.0 Å². The Labute approximate surface area is 122 Å². The summed E-state index contributed by atoms with van der Waals surface area (Å²) in [5, 5.41) is 10.6. The van der Waals surface area contributed by atoms with Crippen LogP contribution in [0.3, 0.4) is 0 Å². The van der Waals surface area contributed by atoms with Crippen LogP contribution in [-0.2, 0) is 9.59 Å². The fraction of sp³-hybridized carbons (Fsp3) is 0.250. The van der Waals surface area contributed by atoms with Gasteiger partial charge in [-0.25, -0.2) is 0 Å². The topological polar surface area (TPSA) is 70.2 Å². The lowest BCUT2D eigenvalue weighted by Crippen LogP contribution is -2.51. The first kappa shape index (κ1) is 13.6. The number of rotatable bonds is 4. The normalized spacial score (nSPS) is 14.5. The summed E-state index contributed by atoms with van der Waals surface area (Å²) >= 11 is 0. The molecule has 1 fully saturated rings. The summed E-state index contributed by atoms with van der Waals surface area (Å²) in [6.45, 7) is 1.38. The van der Waals surface area contributed by atoms with Crippen molar-refractivity contribution in [3.63, 3.8) is 0 Å². The third-order valence-corrected chi connectivity index (χ3v) is 3.64. The second-order valence-corrected chi connectivity index (χ2v) is 5.15. The molecule has 1 saturated heterocycles. The number of benzene rings is 2. The van der Waals surface area contributed by atoms with Crippen molar-refractivity contribution < 1.29 is 9.59 Å². The lowest BCUT2D eigenvalue weighted by Gasteiger charge is -2.25. The van der Waals surface area contributed by atoms with E-state index in [9.17, 15) is 9.59 Å². The maximum absolute atomic E-state index is 11.9. The molecule has 0 saturated carbocycles. The molecule has 3 N–H and O–H groups in total. The second-order valence-electron chi connectivity index (χ2n) is 5.15. The molecule has 1 aliphatic heterocycles. The van der Waals surface area contributed by atoms with Crippen LogP contribution in [0, 0.1) is 5.92 Å². The van der Waals surface area contributed by atoms with Gasteiger partial charge in [0, 0.05) is 24.2 Å². The number of fused-ring (bicyclic) bond motifs is 1. The van der Waals surface area contributed by atoms with Gasteiger partial charge in [0.15, 0.2) is 0 Å². The number of hydrogen-bond acceptors (Lipinski definition) is 3. The van der Waals surface area contributed by atoms with Crippen LogP contribution in [-0.4, -0.2) is 31.4 Å². The number of carbonyl (C=O) groups is 2. The molecule has 1 aliphatic rings. The Bertz CT molecular complexity index is 675. The molecule has 3 rings (SSSR count). The molecule has 0 radical (unpaired) electrons. The van der Waals surface area contributed by atoms with E-state index in [-0.39, 0.29) is 24.3 Å². The van der Waals surface area contributed by atoms with E-state index in [4.69, 9.17) is 0 Å². The van der Waals surface area contributed by atoms with Crippen molar-refractivity contribution in [1.82, 2.24) is 10.6 Å². The zero-order chi connectivity index (χ0) is 14.7. The first-order chi connectivity index (χ1) is 10.2. The SMILES string of the molecule is O=C(CNC(=O)C1CNC1)Nc1cccc2ccccc12. The fourth-order valence-corrected chi connectivity index (χ4v) is 2.31. The van der Waals surface area contributed by atoms with Crippen LogP contribution >= 0.6 is 0 Å². The summed E-state index contributed by atoms with van der Waals surface area (Å²) in [6.07, 6.45) is 0. The van der Waals surface area contributed by atoms with E-state index in [1.54, 1.807) is 0 Å². The van der Waals surface area contributed by atoms with E-state index in [1.807, 2.05) is 42.5 Å². The average molecular weight is 283 g/mol. The predicted molar refractivity (Wildman–Crippen MR) is 81.9 cm³/mol. The molecule has 0 bridgehead atoms. The largest absolute Gasteiger partial charge is 0.347 e. The zero-order valence-corrected chi connectivity index (χ0v) is 11.6. The van der Waals surface area contributed by atoms with Gasteiger partial charge in [0.1, 0.15) is 0 Å². The van der Waals surface area contributed by atoms with Crippen LogP contribution in [0.15, 0.2) is 42.5 Å². The third kappa shape index (κ3) is 3.03. The highest BCUT2D eigenvalue weighted by Gasteiger charge is 2.24. The molecular weight excluding hydrogens is 266 g/mol. The molecule has 5 nitrogen and oxygen atoms in total. The number of amides is 2. The Hall–Kier alpha value is -2.40. The fourth-order valence-electron chi connectivity index (χ4n) is 2.31. The first-order valence-electron chi connectivity index (χ1n) is 7.00. The Morgan fingerprint density at radius 3 is 2.62 bits per heavy atom. The molecule has 0 spiro atoms. The van der Waals surface area contributed by atoms with Gasteiger partial charge in [-0.15, -0.1) is 0 Å². The maximum atomic E-state index is 11.9. The van der Waals surface area contributed by atoms with E-state index in [1.165, 1.54) is 0 Å². The van der Waals surface area contributed by atoms with Crippen molar-refractivity contribution in [2.45, 2.75) is 0 Å². The van der Waals surface area contributed by atoms with Crippen LogP contribution in [0.4, 0.5) is 5.69 Å². The smallest absolute Gasteiger partial charge is 0.243 e. The van der Waals surface area contributed by atoms with Crippen molar-refractivity contribution in [3.05, 3.63) is 42.5 Å². The summed E-state index contributed by atoms with van der Waals surface area (Å²) < 4.78 is 0. The van der Waals surface area contributed by atoms with Crippen molar-refractivity contribution in [3.8, 4) is 0 Å². The van der Waals surface area contributed by atoms with E-state index >= 15 is 0 Å². The molecule has 0 aromatic heterocycles. The number of hydrogen-bond donors (Lipinski definition) is 3. The van der Waals surface area contributed by atoms with Gasteiger partial charge in [-0.05, 0) is 11.5 Å². The Morgan fingerprint density at radius 1 is 1.10 bits per heavy atom. The first-order valence-corrected chi connectivity index (χ1v) is 7.00. The number of carbonyl (C=O) groups excluding carboxylic acids is 2. The van der Waals surface area contributed by atoms with Gasteiger partial charge in [-0.1, -0.05) is 36.4 Å². The van der Waals surface area contributed by atoms with E-state index in [0.29, 0.717) is 13.1 Å². The summed E-state index contributed by atoms with van der Waals surface area (Å²) in [5.74, 6) is -0.288. The highest BCUT2D eigenvalue weighted by Crippen LogP contribution is 2.22. The molecule has 21 heavy (non-hydrogen) atoms. The quantitative estimate of drug-likeness (QED) is 0.787.